The molecule has 0 aromatic rings. The van der Waals surface area contributed by atoms with Crippen molar-refractivity contribution >= 4 is 13.7 Å². The van der Waals surface area contributed by atoms with Crippen LogP contribution in [0.4, 0.5) is 0 Å². The van der Waals surface area contributed by atoms with Crippen molar-refractivity contribution in [2.75, 3.05) is 40.9 Å². The molecule has 0 saturated carbocycles. The molecule has 0 fully saturated rings. The molecule has 0 spiro atoms. The molecule has 3 unspecified atom stereocenters. The standard InChI is InChI=1S/C64H113N2O6P/c1-6-8-10-12-14-16-18-20-21-22-23-24-25-26-27-28-29-30-31-32-33-34-35-36-37-38-39-40-41-42-43-44-45-46-48-50-52-54-56-58-64(68)65-62(61-72-73(69,70)71-60-59-66(3,4)5)63(67)57-55-53-51-49-47-19-17-15-13-11-9-7-2/h8,10,13-16,20-21,23-24,26-27,29-30,47,49,55,57,62-63,67H,6-7,9,11-12,17-19,22,25,28,31-46,48,50-54,56,58-61H2,1-5H3,(H-,65,68,69,70)/p+1/b10-8-,15-13+,16-14-,21-20-,24-23-,27-26-,30-29-,49-47+,57-55+. The summed E-state index contributed by atoms with van der Waals surface area (Å²) in [5.41, 5.74) is 0. The summed E-state index contributed by atoms with van der Waals surface area (Å²) in [4.78, 5) is 23.2. The molecule has 420 valence electrons. The Kier molecular flexibility index (Phi) is 51.9. The zero-order valence-corrected chi connectivity index (χ0v) is 48.7. The number of rotatable bonds is 53. The van der Waals surface area contributed by atoms with Gasteiger partial charge < -0.3 is 19.8 Å². The van der Waals surface area contributed by atoms with Gasteiger partial charge in [-0.2, -0.15) is 0 Å². The maximum atomic E-state index is 12.9. The summed E-state index contributed by atoms with van der Waals surface area (Å²) in [5, 5.41) is 13.8. The molecule has 1 amide bonds. The van der Waals surface area contributed by atoms with Crippen LogP contribution in [-0.2, 0) is 18.4 Å². The quantitative estimate of drug-likeness (QED) is 0.0243. The summed E-state index contributed by atoms with van der Waals surface area (Å²) < 4.78 is 23.6. The molecule has 0 radical (unpaired) electrons. The van der Waals surface area contributed by atoms with E-state index in [2.05, 4.69) is 116 Å². The fourth-order valence-corrected chi connectivity index (χ4v) is 8.80. The van der Waals surface area contributed by atoms with Crippen molar-refractivity contribution in [3.63, 3.8) is 0 Å². The molecule has 0 aromatic carbocycles. The highest BCUT2D eigenvalue weighted by Gasteiger charge is 2.27. The molecule has 0 saturated heterocycles. The molecular formula is C64H114N2O6P+. The van der Waals surface area contributed by atoms with Crippen molar-refractivity contribution in [2.45, 2.75) is 251 Å². The minimum atomic E-state index is -4.36. The first-order chi connectivity index (χ1) is 35.5. The number of aliphatic hydroxyl groups is 1. The molecule has 3 atom stereocenters. The van der Waals surface area contributed by atoms with Gasteiger partial charge in [0.05, 0.1) is 39.9 Å². The smallest absolute Gasteiger partial charge is 0.387 e. The molecule has 0 rings (SSSR count). The zero-order valence-electron chi connectivity index (χ0n) is 47.8. The van der Waals surface area contributed by atoms with Gasteiger partial charge >= 0.3 is 7.82 Å². The lowest BCUT2D eigenvalue weighted by Gasteiger charge is -2.25. The number of phosphoric ester groups is 1. The number of aliphatic hydroxyl groups excluding tert-OH is 1. The highest BCUT2D eigenvalue weighted by molar-refractivity contribution is 7.47. The second-order valence-corrected chi connectivity index (χ2v) is 22.4. The Morgan fingerprint density at radius 1 is 0.479 bits per heavy atom. The first kappa shape index (κ1) is 70.2. The van der Waals surface area contributed by atoms with E-state index in [0.29, 0.717) is 17.4 Å². The van der Waals surface area contributed by atoms with E-state index < -0.39 is 20.0 Å². The van der Waals surface area contributed by atoms with Crippen LogP contribution in [0, 0.1) is 0 Å². The number of likely N-dealkylation sites (N-methyl/N-ethyl adjacent to an activating group) is 1. The van der Waals surface area contributed by atoms with Crippen molar-refractivity contribution in [3.05, 3.63) is 109 Å². The number of hydrogen-bond acceptors (Lipinski definition) is 5. The molecular weight excluding hydrogens is 924 g/mol. The largest absolute Gasteiger partial charge is 0.472 e. The molecule has 0 aliphatic carbocycles. The zero-order chi connectivity index (χ0) is 53.5. The average Bonchev–Trinajstić information content (AvgIpc) is 3.35. The Morgan fingerprint density at radius 3 is 1.26 bits per heavy atom. The van der Waals surface area contributed by atoms with E-state index >= 15 is 0 Å². The monoisotopic (exact) mass is 1040 g/mol. The molecule has 9 heteroatoms. The van der Waals surface area contributed by atoms with Gasteiger partial charge in [0.15, 0.2) is 0 Å². The summed E-state index contributed by atoms with van der Waals surface area (Å²) in [7, 11) is 1.54. The molecule has 0 aliphatic heterocycles. The van der Waals surface area contributed by atoms with Crippen LogP contribution in [0.5, 0.6) is 0 Å². The Labute approximate surface area is 451 Å². The number of unbranched alkanes of at least 4 members (excludes halogenated alkanes) is 24. The normalized spacial score (nSPS) is 14.7. The lowest BCUT2D eigenvalue weighted by molar-refractivity contribution is -0.870. The number of amides is 1. The lowest BCUT2D eigenvalue weighted by atomic mass is 10.0. The second kappa shape index (κ2) is 54.0. The van der Waals surface area contributed by atoms with Crippen LogP contribution in [0.3, 0.4) is 0 Å². The van der Waals surface area contributed by atoms with Gasteiger partial charge in [-0.05, 0) is 89.9 Å². The van der Waals surface area contributed by atoms with Gasteiger partial charge in [0.2, 0.25) is 5.91 Å². The van der Waals surface area contributed by atoms with Crippen molar-refractivity contribution < 1.29 is 32.9 Å². The number of carbonyl (C=O) groups is 1. The van der Waals surface area contributed by atoms with Crippen LogP contribution in [0.15, 0.2) is 109 Å². The van der Waals surface area contributed by atoms with Crippen molar-refractivity contribution in [3.8, 4) is 0 Å². The predicted octanol–water partition coefficient (Wildman–Crippen LogP) is 18.4. The molecule has 0 aromatic heterocycles. The minimum Gasteiger partial charge on any atom is -0.387 e. The topological polar surface area (TPSA) is 105 Å². The summed E-state index contributed by atoms with van der Waals surface area (Å²) in [6, 6.07) is -0.872. The number of nitrogens with zero attached hydrogens (tertiary/aromatic N) is 1. The van der Waals surface area contributed by atoms with E-state index in [1.165, 1.54) is 128 Å². The predicted molar refractivity (Wildman–Crippen MR) is 318 cm³/mol. The number of nitrogens with one attached hydrogen (secondary N) is 1. The van der Waals surface area contributed by atoms with Crippen LogP contribution >= 0.6 is 7.82 Å². The third kappa shape index (κ3) is 56.7. The Balaban J connectivity index is 3.95. The molecule has 0 bridgehead atoms. The van der Waals surface area contributed by atoms with E-state index in [9.17, 15) is 19.4 Å². The van der Waals surface area contributed by atoms with Gasteiger partial charge in [-0.3, -0.25) is 13.8 Å². The molecule has 0 aliphatic rings. The maximum Gasteiger partial charge on any atom is 0.472 e. The van der Waals surface area contributed by atoms with E-state index in [0.717, 1.165) is 89.9 Å². The third-order valence-corrected chi connectivity index (χ3v) is 13.7. The second-order valence-electron chi connectivity index (χ2n) is 21.0. The van der Waals surface area contributed by atoms with Crippen molar-refractivity contribution in [1.82, 2.24) is 5.32 Å². The first-order valence-electron chi connectivity index (χ1n) is 29.8. The van der Waals surface area contributed by atoms with Crippen LogP contribution in [0.1, 0.15) is 239 Å². The van der Waals surface area contributed by atoms with Crippen LogP contribution < -0.4 is 5.32 Å². The van der Waals surface area contributed by atoms with Gasteiger partial charge in [0.1, 0.15) is 13.2 Å². The summed E-state index contributed by atoms with van der Waals surface area (Å²) in [6.45, 7) is 4.61. The van der Waals surface area contributed by atoms with Gasteiger partial charge in [-0.25, -0.2) is 4.57 Å². The number of allylic oxidation sites excluding steroid dienone is 17. The van der Waals surface area contributed by atoms with E-state index in [-0.39, 0.29) is 19.1 Å². The highest BCUT2D eigenvalue weighted by atomic mass is 31.2. The third-order valence-electron chi connectivity index (χ3n) is 12.7. The van der Waals surface area contributed by atoms with Crippen molar-refractivity contribution in [1.29, 1.82) is 0 Å². The van der Waals surface area contributed by atoms with Crippen LogP contribution in [0.2, 0.25) is 0 Å². The average molecular weight is 1040 g/mol. The lowest BCUT2D eigenvalue weighted by Crippen LogP contribution is -2.45. The van der Waals surface area contributed by atoms with Gasteiger partial charge in [0.25, 0.3) is 0 Å². The Bertz CT molecular complexity index is 1550. The fraction of sp³-hybridized carbons (Fsp3) is 0.703. The highest BCUT2D eigenvalue weighted by Crippen LogP contribution is 2.43. The van der Waals surface area contributed by atoms with E-state index in [1.54, 1.807) is 6.08 Å². The number of hydrogen-bond donors (Lipinski definition) is 3. The summed E-state index contributed by atoms with van der Waals surface area (Å²) >= 11 is 0. The fourth-order valence-electron chi connectivity index (χ4n) is 8.06. The summed E-state index contributed by atoms with van der Waals surface area (Å²) in [5.74, 6) is -0.193. The summed E-state index contributed by atoms with van der Waals surface area (Å²) in [6.07, 6.45) is 79.4. The van der Waals surface area contributed by atoms with Gasteiger partial charge in [0, 0.05) is 6.42 Å². The first-order valence-corrected chi connectivity index (χ1v) is 31.3. The van der Waals surface area contributed by atoms with Crippen molar-refractivity contribution in [2.24, 2.45) is 0 Å². The number of phosphoric acid groups is 1. The molecule has 8 nitrogen and oxygen atoms in total. The van der Waals surface area contributed by atoms with Gasteiger partial charge in [-0.1, -0.05) is 252 Å². The number of carbonyl (C=O) groups excluding carboxylic acids is 1. The maximum absolute atomic E-state index is 12.9. The Hall–Kier alpha value is -2.84. The van der Waals surface area contributed by atoms with Crippen LogP contribution in [-0.4, -0.2) is 73.4 Å². The van der Waals surface area contributed by atoms with Gasteiger partial charge in [-0.15, -0.1) is 0 Å². The Morgan fingerprint density at radius 2 is 0.836 bits per heavy atom. The SMILES string of the molecule is CC/C=C\C/C=C\C/C=C\C/C=C\C/C=C\C/C=C\CCCCCCCCCCCCCCCCCCCCCCC(=O)NC(COP(=O)(O)OCC[N+](C)(C)C)C(O)/C=C/CC/C=C/CC/C=C/CCCC. The molecule has 73 heavy (non-hydrogen) atoms. The van der Waals surface area contributed by atoms with E-state index in [1.807, 2.05) is 27.2 Å². The molecule has 3 N–H and O–H groups in total. The van der Waals surface area contributed by atoms with E-state index in [4.69, 9.17) is 9.05 Å². The molecule has 0 heterocycles. The number of quaternary nitrogens is 1. The minimum absolute atomic E-state index is 0.0506. The van der Waals surface area contributed by atoms with Crippen LogP contribution in [0.25, 0.3) is 0 Å².